The van der Waals surface area contributed by atoms with Gasteiger partial charge in [0.15, 0.2) is 0 Å². The fourth-order valence-corrected chi connectivity index (χ4v) is 2.49. The zero-order chi connectivity index (χ0) is 13.8. The summed E-state index contributed by atoms with van der Waals surface area (Å²) < 4.78 is 26.6. The molecule has 1 rings (SSSR count). The summed E-state index contributed by atoms with van der Waals surface area (Å²) in [4.78, 5) is 0.292. The van der Waals surface area contributed by atoms with E-state index >= 15 is 0 Å². The number of benzene rings is 1. The lowest BCUT2D eigenvalue weighted by molar-refractivity contribution is 0.566. The van der Waals surface area contributed by atoms with Crippen molar-refractivity contribution >= 4 is 10.0 Å². The minimum absolute atomic E-state index is 0.0859. The molecule has 0 radical (unpaired) electrons. The van der Waals surface area contributed by atoms with Gasteiger partial charge in [0.25, 0.3) is 0 Å². The Kier molecular flexibility index (Phi) is 4.91. The molecular formula is C14H19NO2S. The van der Waals surface area contributed by atoms with Gasteiger partial charge in [-0.15, -0.1) is 5.73 Å². The number of nitrogens with one attached hydrogen (secondary N) is 1. The Hall–Kier alpha value is -1.35. The smallest absolute Gasteiger partial charge is 0.211 e. The average Bonchev–Trinajstić information content (AvgIpc) is 2.35. The highest BCUT2D eigenvalue weighted by Gasteiger charge is 2.15. The van der Waals surface area contributed by atoms with Gasteiger partial charge in [0.2, 0.25) is 10.0 Å². The van der Waals surface area contributed by atoms with Crippen LogP contribution in [0.5, 0.6) is 0 Å². The molecule has 0 saturated carbocycles. The minimum Gasteiger partial charge on any atom is -0.211 e. The van der Waals surface area contributed by atoms with Crippen molar-refractivity contribution < 1.29 is 8.42 Å². The molecule has 0 heterocycles. The van der Waals surface area contributed by atoms with Gasteiger partial charge in [-0.25, -0.2) is 13.1 Å². The van der Waals surface area contributed by atoms with Crippen molar-refractivity contribution in [1.82, 2.24) is 4.72 Å². The van der Waals surface area contributed by atoms with Gasteiger partial charge in [-0.05, 0) is 37.5 Å². The summed E-state index contributed by atoms with van der Waals surface area (Å²) in [6.07, 6.45) is 0. The van der Waals surface area contributed by atoms with Crippen LogP contribution in [-0.4, -0.2) is 15.0 Å². The van der Waals surface area contributed by atoms with E-state index < -0.39 is 10.0 Å². The molecule has 0 aliphatic heterocycles. The van der Waals surface area contributed by atoms with E-state index in [1.807, 2.05) is 20.8 Å². The van der Waals surface area contributed by atoms with Crippen LogP contribution in [0.2, 0.25) is 0 Å². The number of hydrogen-bond donors (Lipinski definition) is 1. The summed E-state index contributed by atoms with van der Waals surface area (Å²) in [6.45, 7) is 9.65. The first kappa shape index (κ1) is 14.7. The molecule has 1 aromatic carbocycles. The maximum atomic E-state index is 12.0. The number of aryl methyl sites for hydroxylation is 1. The van der Waals surface area contributed by atoms with Gasteiger partial charge < -0.3 is 0 Å². The number of sulfonamides is 1. The Labute approximate surface area is 109 Å². The highest BCUT2D eigenvalue weighted by atomic mass is 32.2. The van der Waals surface area contributed by atoms with Crippen LogP contribution in [-0.2, 0) is 10.0 Å². The first-order chi connectivity index (χ1) is 8.36. The summed E-state index contributed by atoms with van der Waals surface area (Å²) in [5, 5.41) is 0. The predicted octanol–water partition coefficient (Wildman–Crippen LogP) is 2.64. The summed E-state index contributed by atoms with van der Waals surface area (Å²) in [6, 6.07) is 6.79. The zero-order valence-electron chi connectivity index (χ0n) is 11.0. The van der Waals surface area contributed by atoms with E-state index in [0.29, 0.717) is 11.4 Å². The van der Waals surface area contributed by atoms with Crippen molar-refractivity contribution in [2.75, 3.05) is 6.54 Å². The third-order valence-electron chi connectivity index (χ3n) is 2.93. The van der Waals surface area contributed by atoms with Crippen LogP contribution in [0.25, 0.3) is 0 Å². The highest BCUT2D eigenvalue weighted by molar-refractivity contribution is 7.89. The molecule has 0 aliphatic rings. The quantitative estimate of drug-likeness (QED) is 0.832. The van der Waals surface area contributed by atoms with Crippen LogP contribution in [0.3, 0.4) is 0 Å². The molecular weight excluding hydrogens is 246 g/mol. The summed E-state index contributed by atoms with van der Waals surface area (Å²) in [7, 11) is -3.43. The van der Waals surface area contributed by atoms with Crippen molar-refractivity contribution in [3.63, 3.8) is 0 Å². The standard InChI is InChI=1S/C14H19NO2S/c1-5-12(3)13(4)10-15-18(16,17)14-8-6-11(2)7-9-14/h6-9,13,15H,1,10H2,2-4H3. The molecule has 0 aromatic heterocycles. The number of rotatable bonds is 5. The van der Waals surface area contributed by atoms with E-state index in [-0.39, 0.29) is 5.92 Å². The lowest BCUT2D eigenvalue weighted by Gasteiger charge is -2.12. The average molecular weight is 265 g/mol. The van der Waals surface area contributed by atoms with Crippen molar-refractivity contribution in [1.29, 1.82) is 0 Å². The Morgan fingerprint density at radius 1 is 1.39 bits per heavy atom. The molecule has 98 valence electrons. The molecule has 0 fully saturated rings. The lowest BCUT2D eigenvalue weighted by atomic mass is 10.1. The molecule has 1 atom stereocenters. The van der Waals surface area contributed by atoms with Gasteiger partial charge in [0.05, 0.1) is 4.90 Å². The summed E-state index contributed by atoms with van der Waals surface area (Å²) in [5.41, 5.74) is 4.76. The molecule has 0 aliphatic carbocycles. The van der Waals surface area contributed by atoms with Gasteiger partial charge in [0, 0.05) is 6.54 Å². The molecule has 1 unspecified atom stereocenters. The molecule has 4 heteroatoms. The first-order valence-electron chi connectivity index (χ1n) is 5.79. The molecule has 18 heavy (non-hydrogen) atoms. The predicted molar refractivity (Wildman–Crippen MR) is 73.9 cm³/mol. The normalized spacial score (nSPS) is 12.8. The topological polar surface area (TPSA) is 46.2 Å². The minimum atomic E-state index is -3.43. The molecule has 1 aromatic rings. The largest absolute Gasteiger partial charge is 0.240 e. The van der Waals surface area contributed by atoms with Crippen LogP contribution in [0.1, 0.15) is 19.4 Å². The van der Waals surface area contributed by atoms with Crippen molar-refractivity contribution in [3.05, 3.63) is 47.7 Å². The molecule has 0 amide bonds. The summed E-state index contributed by atoms with van der Waals surface area (Å²) in [5.74, 6) is 0.0859. The zero-order valence-corrected chi connectivity index (χ0v) is 11.8. The lowest BCUT2D eigenvalue weighted by Crippen LogP contribution is -2.28. The second-order valence-electron chi connectivity index (χ2n) is 4.43. The van der Waals surface area contributed by atoms with E-state index in [2.05, 4.69) is 17.0 Å². The summed E-state index contributed by atoms with van der Waals surface area (Å²) >= 11 is 0. The fraction of sp³-hybridized carbons (Fsp3) is 0.357. The van der Waals surface area contributed by atoms with Gasteiger partial charge in [-0.1, -0.05) is 31.2 Å². The second kappa shape index (κ2) is 6.01. The molecule has 0 saturated heterocycles. The first-order valence-corrected chi connectivity index (χ1v) is 7.28. The molecule has 0 spiro atoms. The van der Waals surface area contributed by atoms with Gasteiger partial charge in [-0.3, -0.25) is 0 Å². The monoisotopic (exact) mass is 265 g/mol. The van der Waals surface area contributed by atoms with Crippen LogP contribution in [0.4, 0.5) is 0 Å². The van der Waals surface area contributed by atoms with Crippen molar-refractivity contribution in [3.8, 4) is 0 Å². The Morgan fingerprint density at radius 2 is 1.94 bits per heavy atom. The van der Waals surface area contributed by atoms with E-state index in [1.165, 1.54) is 0 Å². The van der Waals surface area contributed by atoms with Gasteiger partial charge in [-0.2, -0.15) is 0 Å². The fourth-order valence-electron chi connectivity index (χ4n) is 1.36. The molecule has 3 nitrogen and oxygen atoms in total. The van der Waals surface area contributed by atoms with E-state index in [9.17, 15) is 8.42 Å². The van der Waals surface area contributed by atoms with Crippen LogP contribution in [0.15, 0.2) is 47.0 Å². The van der Waals surface area contributed by atoms with Gasteiger partial charge >= 0.3 is 0 Å². The Morgan fingerprint density at radius 3 is 2.44 bits per heavy atom. The third-order valence-corrected chi connectivity index (χ3v) is 4.37. The van der Waals surface area contributed by atoms with Crippen LogP contribution >= 0.6 is 0 Å². The third kappa shape index (κ3) is 3.84. The van der Waals surface area contributed by atoms with E-state index in [0.717, 1.165) is 11.1 Å². The Balaban J connectivity index is 2.77. The number of hydrogen-bond acceptors (Lipinski definition) is 2. The maximum Gasteiger partial charge on any atom is 0.240 e. The van der Waals surface area contributed by atoms with Crippen molar-refractivity contribution in [2.24, 2.45) is 5.92 Å². The maximum absolute atomic E-state index is 12.0. The Bertz CT molecular complexity index is 552. The van der Waals surface area contributed by atoms with Crippen LogP contribution in [0, 0.1) is 12.8 Å². The van der Waals surface area contributed by atoms with Gasteiger partial charge in [0.1, 0.15) is 0 Å². The van der Waals surface area contributed by atoms with Crippen LogP contribution < -0.4 is 4.72 Å². The highest BCUT2D eigenvalue weighted by Crippen LogP contribution is 2.12. The van der Waals surface area contributed by atoms with Crippen molar-refractivity contribution in [2.45, 2.75) is 25.7 Å². The molecule has 0 bridgehead atoms. The van der Waals surface area contributed by atoms with E-state index in [1.54, 1.807) is 24.3 Å². The second-order valence-corrected chi connectivity index (χ2v) is 6.19. The SMILES string of the molecule is C=C=C(C)C(C)CNS(=O)(=O)c1ccc(C)cc1. The molecule has 1 N–H and O–H groups in total. The van der Waals surface area contributed by atoms with E-state index in [4.69, 9.17) is 0 Å².